The van der Waals surface area contributed by atoms with Crippen molar-refractivity contribution >= 4 is 39.3 Å². The minimum Gasteiger partial charge on any atom is -0.325 e. The van der Waals surface area contributed by atoms with Crippen molar-refractivity contribution in [1.82, 2.24) is 14.8 Å². The van der Waals surface area contributed by atoms with Crippen molar-refractivity contribution in [2.45, 2.75) is 11.6 Å². The predicted molar refractivity (Wildman–Crippen MR) is 124 cm³/mol. The van der Waals surface area contributed by atoms with Gasteiger partial charge in [-0.25, -0.2) is 0 Å². The molecule has 0 atom stereocenters. The number of halogens is 1. The quantitative estimate of drug-likeness (QED) is 0.363. The van der Waals surface area contributed by atoms with Crippen LogP contribution in [0.5, 0.6) is 0 Å². The second kappa shape index (κ2) is 9.73. The van der Waals surface area contributed by atoms with Crippen LogP contribution in [-0.4, -0.2) is 26.4 Å². The number of aromatic nitrogens is 3. The number of nitrogens with zero attached hydrogens (tertiary/aromatic N) is 3. The van der Waals surface area contributed by atoms with E-state index in [9.17, 15) is 4.79 Å². The van der Waals surface area contributed by atoms with Crippen LogP contribution in [0.4, 0.5) is 5.69 Å². The molecule has 4 aromatic rings. The summed E-state index contributed by atoms with van der Waals surface area (Å²) in [6.45, 7) is 0. The molecule has 0 radical (unpaired) electrons. The average Bonchev–Trinajstić information content (AvgIpc) is 3.17. The fraction of sp³-hybridized carbons (Fsp3) is 0.0870. The van der Waals surface area contributed by atoms with E-state index in [1.54, 1.807) is 0 Å². The van der Waals surface area contributed by atoms with E-state index in [2.05, 4.69) is 43.6 Å². The first kappa shape index (κ1) is 20.4. The fourth-order valence-corrected chi connectivity index (χ4v) is 4.02. The van der Waals surface area contributed by atoms with E-state index in [0.717, 1.165) is 27.2 Å². The summed E-state index contributed by atoms with van der Waals surface area (Å²) in [5.41, 5.74) is 2.90. The Hall–Kier alpha value is -2.90. The number of hydrogen-bond donors (Lipinski definition) is 1. The molecule has 1 amide bonds. The highest BCUT2D eigenvalue weighted by Crippen LogP contribution is 2.24. The van der Waals surface area contributed by atoms with Crippen molar-refractivity contribution in [2.24, 2.45) is 0 Å². The highest BCUT2D eigenvalue weighted by Gasteiger charge is 2.16. The first-order valence-corrected chi connectivity index (χ1v) is 11.2. The van der Waals surface area contributed by atoms with Gasteiger partial charge in [0.05, 0.1) is 5.75 Å². The first-order valence-electron chi connectivity index (χ1n) is 9.41. The minimum atomic E-state index is -0.0884. The first-order chi connectivity index (χ1) is 14.7. The Kier molecular flexibility index (Phi) is 6.61. The third kappa shape index (κ3) is 5.17. The van der Waals surface area contributed by atoms with Crippen molar-refractivity contribution in [2.75, 3.05) is 11.1 Å². The maximum Gasteiger partial charge on any atom is 0.234 e. The van der Waals surface area contributed by atoms with Gasteiger partial charge in [0, 0.05) is 22.3 Å². The third-order valence-corrected chi connectivity index (χ3v) is 5.84. The molecular weight excluding hydrogens is 460 g/mol. The summed E-state index contributed by atoms with van der Waals surface area (Å²) in [5.74, 6) is 0.990. The van der Waals surface area contributed by atoms with Gasteiger partial charge >= 0.3 is 0 Å². The summed E-state index contributed by atoms with van der Waals surface area (Å²) in [4.78, 5) is 12.4. The molecule has 0 saturated carbocycles. The normalized spacial score (nSPS) is 10.7. The fourth-order valence-electron chi connectivity index (χ4n) is 2.98. The Morgan fingerprint density at radius 1 is 0.900 bits per heavy atom. The molecule has 30 heavy (non-hydrogen) atoms. The Bertz CT molecular complexity index is 1120. The zero-order valence-electron chi connectivity index (χ0n) is 16.0. The van der Waals surface area contributed by atoms with Gasteiger partial charge in [0.2, 0.25) is 5.91 Å². The van der Waals surface area contributed by atoms with Crippen LogP contribution in [0, 0.1) is 0 Å². The number of nitrogens with one attached hydrogen (secondary N) is 1. The predicted octanol–water partition coefficient (Wildman–Crippen LogP) is 5.35. The van der Waals surface area contributed by atoms with E-state index in [1.165, 1.54) is 11.8 Å². The Labute approximate surface area is 187 Å². The lowest BCUT2D eigenvalue weighted by molar-refractivity contribution is -0.113. The Morgan fingerprint density at radius 3 is 2.27 bits per heavy atom. The van der Waals surface area contributed by atoms with E-state index in [1.807, 2.05) is 77.4 Å². The van der Waals surface area contributed by atoms with E-state index < -0.39 is 0 Å². The maximum absolute atomic E-state index is 12.4. The molecule has 1 N–H and O–H groups in total. The van der Waals surface area contributed by atoms with E-state index >= 15 is 0 Å². The molecule has 0 spiro atoms. The largest absolute Gasteiger partial charge is 0.325 e. The van der Waals surface area contributed by atoms with Crippen LogP contribution in [0.1, 0.15) is 11.4 Å². The standard InChI is InChI=1S/C23H19BrN4OS/c24-18-11-13-19(14-12-18)25-22(29)16-30-23-27-26-21(15-17-7-3-1-4-8-17)28(23)20-9-5-2-6-10-20/h1-14H,15-16H2,(H,25,29). The smallest absolute Gasteiger partial charge is 0.234 e. The Morgan fingerprint density at radius 2 is 1.57 bits per heavy atom. The lowest BCUT2D eigenvalue weighted by Crippen LogP contribution is -2.14. The molecule has 1 aromatic heterocycles. The molecule has 150 valence electrons. The van der Waals surface area contributed by atoms with Gasteiger partial charge < -0.3 is 5.32 Å². The van der Waals surface area contributed by atoms with Crippen LogP contribution in [-0.2, 0) is 11.2 Å². The van der Waals surface area contributed by atoms with Gasteiger partial charge in [0.25, 0.3) is 0 Å². The maximum atomic E-state index is 12.4. The van der Waals surface area contributed by atoms with Crippen molar-refractivity contribution in [3.63, 3.8) is 0 Å². The third-order valence-electron chi connectivity index (χ3n) is 4.38. The van der Waals surface area contributed by atoms with Gasteiger partial charge in [-0.3, -0.25) is 9.36 Å². The van der Waals surface area contributed by atoms with Crippen LogP contribution >= 0.6 is 27.7 Å². The summed E-state index contributed by atoms with van der Waals surface area (Å²) in [6.07, 6.45) is 0.661. The number of benzene rings is 3. The topological polar surface area (TPSA) is 59.8 Å². The van der Waals surface area contributed by atoms with Crippen molar-refractivity contribution < 1.29 is 4.79 Å². The minimum absolute atomic E-state index is 0.0884. The van der Waals surface area contributed by atoms with Gasteiger partial charge in [-0.15, -0.1) is 10.2 Å². The van der Waals surface area contributed by atoms with E-state index in [4.69, 9.17) is 0 Å². The van der Waals surface area contributed by atoms with Crippen LogP contribution < -0.4 is 5.32 Å². The summed E-state index contributed by atoms with van der Waals surface area (Å²) in [7, 11) is 0. The number of carbonyl (C=O) groups excluding carboxylic acids is 1. The summed E-state index contributed by atoms with van der Waals surface area (Å²) in [6, 6.07) is 27.6. The second-order valence-electron chi connectivity index (χ2n) is 6.58. The van der Waals surface area contributed by atoms with Gasteiger partial charge in [-0.2, -0.15) is 0 Å². The molecule has 0 aliphatic heterocycles. The molecule has 5 nitrogen and oxygen atoms in total. The number of amides is 1. The highest BCUT2D eigenvalue weighted by atomic mass is 79.9. The lowest BCUT2D eigenvalue weighted by Gasteiger charge is -2.10. The van der Waals surface area contributed by atoms with Gasteiger partial charge in [-0.1, -0.05) is 76.2 Å². The van der Waals surface area contributed by atoms with E-state index in [-0.39, 0.29) is 11.7 Å². The SMILES string of the molecule is O=C(CSc1nnc(Cc2ccccc2)n1-c1ccccc1)Nc1ccc(Br)cc1. The van der Waals surface area contributed by atoms with Gasteiger partial charge in [0.1, 0.15) is 5.82 Å². The van der Waals surface area contributed by atoms with Crippen LogP contribution in [0.2, 0.25) is 0 Å². The van der Waals surface area contributed by atoms with Crippen LogP contribution in [0.25, 0.3) is 5.69 Å². The van der Waals surface area contributed by atoms with Gasteiger partial charge in [0.15, 0.2) is 5.16 Å². The van der Waals surface area contributed by atoms with Crippen molar-refractivity contribution in [3.8, 4) is 5.69 Å². The second-order valence-corrected chi connectivity index (χ2v) is 8.43. The monoisotopic (exact) mass is 478 g/mol. The van der Waals surface area contributed by atoms with Crippen molar-refractivity contribution in [3.05, 3.63) is 101 Å². The average molecular weight is 479 g/mol. The molecule has 3 aromatic carbocycles. The zero-order valence-corrected chi connectivity index (χ0v) is 18.4. The number of para-hydroxylation sites is 1. The van der Waals surface area contributed by atoms with Crippen LogP contribution in [0.15, 0.2) is 94.6 Å². The summed E-state index contributed by atoms with van der Waals surface area (Å²) in [5, 5.41) is 12.4. The molecule has 0 aliphatic rings. The molecule has 0 fully saturated rings. The summed E-state index contributed by atoms with van der Waals surface area (Å²) >= 11 is 4.77. The molecule has 4 rings (SSSR count). The molecular formula is C23H19BrN4OS. The lowest BCUT2D eigenvalue weighted by atomic mass is 10.1. The Balaban J connectivity index is 1.52. The van der Waals surface area contributed by atoms with Gasteiger partial charge in [-0.05, 0) is 42.0 Å². The number of anilines is 1. The highest BCUT2D eigenvalue weighted by molar-refractivity contribution is 9.10. The zero-order chi connectivity index (χ0) is 20.8. The molecule has 0 saturated heterocycles. The van der Waals surface area contributed by atoms with E-state index in [0.29, 0.717) is 11.6 Å². The molecule has 1 heterocycles. The molecule has 0 unspecified atom stereocenters. The summed E-state index contributed by atoms with van der Waals surface area (Å²) < 4.78 is 2.99. The molecule has 0 aliphatic carbocycles. The molecule has 0 bridgehead atoms. The van der Waals surface area contributed by atoms with Crippen LogP contribution in [0.3, 0.4) is 0 Å². The van der Waals surface area contributed by atoms with Crippen molar-refractivity contribution in [1.29, 1.82) is 0 Å². The number of hydrogen-bond acceptors (Lipinski definition) is 4. The molecule has 7 heteroatoms. The number of rotatable bonds is 7. The number of thioether (sulfide) groups is 1. The number of carbonyl (C=O) groups is 1.